The van der Waals surface area contributed by atoms with Crippen molar-refractivity contribution < 1.29 is 9.53 Å². The molecule has 1 atom stereocenters. The predicted molar refractivity (Wildman–Crippen MR) is 110 cm³/mol. The van der Waals surface area contributed by atoms with Crippen molar-refractivity contribution in [3.05, 3.63) is 64.0 Å². The molecule has 1 unspecified atom stereocenters. The number of hydrogen-bond donors (Lipinski definition) is 1. The Morgan fingerprint density at radius 3 is 2.71 bits per heavy atom. The largest absolute Gasteiger partial charge is 0.378 e. The van der Waals surface area contributed by atoms with E-state index in [4.69, 9.17) is 4.74 Å². The van der Waals surface area contributed by atoms with Crippen molar-refractivity contribution in [1.82, 2.24) is 5.32 Å². The first-order chi connectivity index (χ1) is 13.8. The Hall–Kier alpha value is -2.88. The van der Waals surface area contributed by atoms with E-state index in [1.165, 1.54) is 22.1 Å². The Morgan fingerprint density at radius 1 is 1.14 bits per heavy atom. The number of benzene rings is 2. The average Bonchev–Trinajstić information content (AvgIpc) is 3.15. The van der Waals surface area contributed by atoms with Gasteiger partial charge in [0.15, 0.2) is 0 Å². The van der Waals surface area contributed by atoms with Crippen LogP contribution in [0.4, 0.5) is 5.00 Å². The number of anilines is 1. The van der Waals surface area contributed by atoms with Crippen molar-refractivity contribution in [3.63, 3.8) is 0 Å². The third kappa shape index (κ3) is 2.75. The van der Waals surface area contributed by atoms with Gasteiger partial charge >= 0.3 is 0 Å². The number of ether oxygens (including phenoxy) is 1. The van der Waals surface area contributed by atoms with E-state index in [1.54, 1.807) is 0 Å². The van der Waals surface area contributed by atoms with Crippen LogP contribution >= 0.6 is 11.3 Å². The molecule has 1 aromatic heterocycles. The fraction of sp³-hybridized carbons (Fsp3) is 0.273. The Balaban J connectivity index is 1.64. The maximum Gasteiger partial charge on any atom is 0.261 e. The van der Waals surface area contributed by atoms with Gasteiger partial charge in [0.2, 0.25) is 0 Å². The van der Waals surface area contributed by atoms with Gasteiger partial charge in [0, 0.05) is 31.1 Å². The number of morpholine rings is 1. The lowest BCUT2D eigenvalue weighted by Gasteiger charge is -2.28. The molecule has 1 amide bonds. The molecule has 5 rings (SSSR count). The maximum absolute atomic E-state index is 12.6. The normalized spacial score (nSPS) is 19.2. The number of nitrogens with one attached hydrogen (secondary N) is 1. The van der Waals surface area contributed by atoms with E-state index in [9.17, 15) is 10.1 Å². The number of amides is 1. The molecule has 0 aliphatic carbocycles. The van der Waals surface area contributed by atoms with Gasteiger partial charge < -0.3 is 15.0 Å². The summed E-state index contributed by atoms with van der Waals surface area (Å²) in [5.74, 6) is -0.0916. The van der Waals surface area contributed by atoms with Crippen molar-refractivity contribution in [2.75, 3.05) is 37.7 Å². The number of thiophene rings is 1. The number of rotatable bonds is 2. The van der Waals surface area contributed by atoms with Gasteiger partial charge in [0.25, 0.3) is 5.91 Å². The van der Waals surface area contributed by atoms with Gasteiger partial charge in [-0.05, 0) is 16.3 Å². The van der Waals surface area contributed by atoms with Gasteiger partial charge in [-0.25, -0.2) is 0 Å². The maximum atomic E-state index is 12.6. The molecule has 3 aromatic rings. The third-order valence-corrected chi connectivity index (χ3v) is 6.80. The lowest BCUT2D eigenvalue weighted by molar-refractivity contribution is 0.0947. The minimum atomic E-state index is -0.0759. The van der Waals surface area contributed by atoms with Crippen LogP contribution in [0.25, 0.3) is 10.8 Å². The number of nitrogens with zero attached hydrogens (tertiary/aromatic N) is 2. The highest BCUT2D eigenvalue weighted by molar-refractivity contribution is 7.18. The van der Waals surface area contributed by atoms with Gasteiger partial charge in [-0.2, -0.15) is 5.26 Å². The zero-order valence-corrected chi connectivity index (χ0v) is 16.1. The first kappa shape index (κ1) is 17.2. The Bertz CT molecular complexity index is 1110. The molecule has 0 saturated carbocycles. The minimum absolute atomic E-state index is 0.0157. The second kappa shape index (κ2) is 6.93. The van der Waals surface area contributed by atoms with E-state index >= 15 is 0 Å². The molecule has 1 N–H and O–H groups in total. The fourth-order valence-electron chi connectivity index (χ4n) is 4.12. The van der Waals surface area contributed by atoms with Crippen molar-refractivity contribution in [2.24, 2.45) is 0 Å². The molecule has 2 aliphatic rings. The fourth-order valence-corrected chi connectivity index (χ4v) is 5.40. The Labute approximate surface area is 167 Å². The summed E-state index contributed by atoms with van der Waals surface area (Å²) in [7, 11) is 0. The van der Waals surface area contributed by atoms with Crippen molar-refractivity contribution >= 4 is 33.0 Å². The lowest BCUT2D eigenvalue weighted by atomic mass is 9.85. The van der Waals surface area contributed by atoms with Crippen molar-refractivity contribution in [2.45, 2.75) is 5.92 Å². The summed E-state index contributed by atoms with van der Waals surface area (Å²) < 4.78 is 5.45. The number of carbonyl (C=O) groups is 1. The minimum Gasteiger partial charge on any atom is -0.378 e. The molecular weight excluding hydrogens is 370 g/mol. The summed E-state index contributed by atoms with van der Waals surface area (Å²) in [5.41, 5.74) is 2.66. The van der Waals surface area contributed by atoms with E-state index in [0.717, 1.165) is 29.2 Å². The first-order valence-corrected chi connectivity index (χ1v) is 10.2. The van der Waals surface area contributed by atoms with E-state index in [1.807, 2.05) is 12.1 Å². The zero-order chi connectivity index (χ0) is 19.1. The van der Waals surface area contributed by atoms with E-state index < -0.39 is 0 Å². The lowest BCUT2D eigenvalue weighted by Crippen LogP contribution is -2.36. The highest BCUT2D eigenvalue weighted by atomic mass is 32.1. The molecule has 2 aliphatic heterocycles. The molecule has 1 saturated heterocycles. The molecule has 0 bridgehead atoms. The Kier molecular flexibility index (Phi) is 4.27. The molecule has 5 nitrogen and oxygen atoms in total. The summed E-state index contributed by atoms with van der Waals surface area (Å²) in [6.07, 6.45) is 0. The first-order valence-electron chi connectivity index (χ1n) is 9.42. The van der Waals surface area contributed by atoms with Gasteiger partial charge in [-0.15, -0.1) is 11.3 Å². The molecular formula is C22H19N3O2S. The van der Waals surface area contributed by atoms with Crippen LogP contribution in [-0.4, -0.2) is 38.8 Å². The van der Waals surface area contributed by atoms with Crippen LogP contribution in [0.1, 0.15) is 32.3 Å². The summed E-state index contributed by atoms with van der Waals surface area (Å²) in [5, 5.41) is 16.3. The number of fused-ring (bicyclic) bond motifs is 2. The van der Waals surface area contributed by atoms with Gasteiger partial charge in [0.1, 0.15) is 11.1 Å². The quantitative estimate of drug-likeness (QED) is 0.729. The molecule has 2 aromatic carbocycles. The van der Waals surface area contributed by atoms with Crippen LogP contribution in [-0.2, 0) is 4.74 Å². The van der Waals surface area contributed by atoms with Crippen LogP contribution < -0.4 is 10.2 Å². The molecule has 1 fully saturated rings. The molecule has 6 heteroatoms. The summed E-state index contributed by atoms with van der Waals surface area (Å²) in [6, 6.07) is 17.1. The summed E-state index contributed by atoms with van der Waals surface area (Å²) >= 11 is 1.44. The van der Waals surface area contributed by atoms with Crippen molar-refractivity contribution in [3.8, 4) is 6.07 Å². The molecule has 3 heterocycles. The topological polar surface area (TPSA) is 65.4 Å². The van der Waals surface area contributed by atoms with Crippen LogP contribution in [0.5, 0.6) is 0 Å². The summed E-state index contributed by atoms with van der Waals surface area (Å²) in [6.45, 7) is 3.30. The van der Waals surface area contributed by atoms with Crippen LogP contribution in [0.15, 0.2) is 42.5 Å². The highest BCUT2D eigenvalue weighted by Gasteiger charge is 2.35. The SMILES string of the molecule is N#Cc1c(N2CCOCC2)sc2c1C(c1ccc3ccccc3c1)CNC2=O. The highest BCUT2D eigenvalue weighted by Crippen LogP contribution is 2.44. The van der Waals surface area contributed by atoms with Crippen LogP contribution in [0.3, 0.4) is 0 Å². The zero-order valence-electron chi connectivity index (χ0n) is 15.3. The third-order valence-electron chi connectivity index (χ3n) is 5.53. The van der Waals surface area contributed by atoms with Crippen LogP contribution in [0, 0.1) is 11.3 Å². The second-order valence-corrected chi connectivity index (χ2v) is 8.10. The van der Waals surface area contributed by atoms with Crippen molar-refractivity contribution in [1.29, 1.82) is 5.26 Å². The smallest absolute Gasteiger partial charge is 0.261 e. The molecule has 28 heavy (non-hydrogen) atoms. The Morgan fingerprint density at radius 2 is 1.93 bits per heavy atom. The molecule has 140 valence electrons. The van der Waals surface area contributed by atoms with Gasteiger partial charge in [0.05, 0.1) is 23.7 Å². The summed E-state index contributed by atoms with van der Waals surface area (Å²) in [4.78, 5) is 15.4. The second-order valence-electron chi connectivity index (χ2n) is 7.11. The monoisotopic (exact) mass is 389 g/mol. The molecule has 0 radical (unpaired) electrons. The van der Waals surface area contributed by atoms with Gasteiger partial charge in [-0.3, -0.25) is 4.79 Å². The van der Waals surface area contributed by atoms with Crippen LogP contribution in [0.2, 0.25) is 0 Å². The number of carbonyl (C=O) groups excluding carboxylic acids is 1. The standard InChI is InChI=1S/C22H19N3O2S/c23-12-17-19-18(16-6-5-14-3-1-2-4-15(14)11-16)13-24-21(26)20(19)28-22(17)25-7-9-27-10-8-25/h1-6,11,18H,7-10,13H2,(H,24,26). The average molecular weight is 389 g/mol. The van der Waals surface area contributed by atoms with E-state index in [2.05, 4.69) is 46.6 Å². The predicted octanol–water partition coefficient (Wildman–Crippen LogP) is 3.48. The molecule has 0 spiro atoms. The number of nitriles is 1. The van der Waals surface area contributed by atoms with E-state index in [-0.39, 0.29) is 11.8 Å². The number of hydrogen-bond acceptors (Lipinski definition) is 5. The van der Waals surface area contributed by atoms with Gasteiger partial charge in [-0.1, -0.05) is 42.5 Å². The van der Waals surface area contributed by atoms with E-state index in [0.29, 0.717) is 30.2 Å².